The number of methoxy groups -OCH3 is 1. The maximum atomic E-state index is 13.9. The molecule has 2 aliphatic rings. The number of benzene rings is 1. The van der Waals surface area contributed by atoms with E-state index in [1.165, 1.54) is 29.8 Å². The Labute approximate surface area is 251 Å². The number of ether oxygens (including phenoxy) is 3. The van der Waals surface area contributed by atoms with Gasteiger partial charge in [-0.2, -0.15) is 0 Å². The highest BCUT2D eigenvalue weighted by molar-refractivity contribution is 8.00. The number of hydrogen-bond acceptors (Lipinski definition) is 10. The summed E-state index contributed by atoms with van der Waals surface area (Å²) in [5.41, 5.74) is -1.24. The number of aliphatic hydroxyl groups excluding tert-OH is 2. The van der Waals surface area contributed by atoms with Gasteiger partial charge in [0.05, 0.1) is 41.6 Å². The Morgan fingerprint density at radius 1 is 1.23 bits per heavy atom. The molecule has 1 aromatic carbocycles. The summed E-state index contributed by atoms with van der Waals surface area (Å²) in [5, 5.41) is 41.0. The van der Waals surface area contributed by atoms with E-state index in [4.69, 9.17) is 14.2 Å². The molecule has 10 nitrogen and oxygen atoms in total. The van der Waals surface area contributed by atoms with Gasteiger partial charge in [-0.3, -0.25) is 4.98 Å². The smallest absolute Gasteiger partial charge is 0.194 e. The number of aryl methyl sites for hydroxylation is 1. The lowest BCUT2D eigenvalue weighted by molar-refractivity contribution is -0.187. The summed E-state index contributed by atoms with van der Waals surface area (Å²) in [4.78, 5) is 4.62. The van der Waals surface area contributed by atoms with E-state index in [1.807, 2.05) is 32.9 Å². The van der Waals surface area contributed by atoms with E-state index in [0.29, 0.717) is 25.1 Å². The van der Waals surface area contributed by atoms with E-state index in [1.54, 1.807) is 6.20 Å². The second kappa shape index (κ2) is 12.4. The van der Waals surface area contributed by atoms with Crippen LogP contribution in [0.4, 0.5) is 13.2 Å². The molecule has 3 aromatic rings. The average molecular weight is 625 g/mol. The zero-order valence-electron chi connectivity index (χ0n) is 24.2. The fourth-order valence-corrected chi connectivity index (χ4v) is 7.67. The quantitative estimate of drug-likeness (QED) is 0.320. The monoisotopic (exact) mass is 624 g/mol. The molecule has 14 heteroatoms. The Bertz CT molecular complexity index is 1420. The van der Waals surface area contributed by atoms with E-state index >= 15 is 0 Å². The maximum absolute atomic E-state index is 13.9. The van der Waals surface area contributed by atoms with Crippen LogP contribution in [0.15, 0.2) is 36.7 Å². The minimum Gasteiger partial charge on any atom is -0.394 e. The van der Waals surface area contributed by atoms with Crippen molar-refractivity contribution >= 4 is 11.8 Å². The summed E-state index contributed by atoms with van der Waals surface area (Å²) in [6.07, 6.45) is 0.341. The molecule has 7 atom stereocenters. The van der Waals surface area contributed by atoms with E-state index in [0.717, 1.165) is 17.7 Å². The van der Waals surface area contributed by atoms with Crippen LogP contribution in [0.25, 0.3) is 11.3 Å². The van der Waals surface area contributed by atoms with Gasteiger partial charge in [0, 0.05) is 31.7 Å². The van der Waals surface area contributed by atoms with Crippen molar-refractivity contribution in [3.05, 3.63) is 65.4 Å². The van der Waals surface area contributed by atoms with Crippen LogP contribution in [-0.4, -0.2) is 90.6 Å². The molecule has 2 aliphatic heterocycles. The molecule has 234 valence electrons. The van der Waals surface area contributed by atoms with Gasteiger partial charge in [0.1, 0.15) is 35.5 Å². The molecule has 3 N–H and O–H groups in total. The molecule has 0 amide bonds. The summed E-state index contributed by atoms with van der Waals surface area (Å²) in [6, 6.07) is 4.33. The molecule has 2 aromatic heterocycles. The molecule has 43 heavy (non-hydrogen) atoms. The van der Waals surface area contributed by atoms with E-state index in [2.05, 4.69) is 15.3 Å². The van der Waals surface area contributed by atoms with Crippen LogP contribution >= 0.6 is 11.8 Å². The van der Waals surface area contributed by atoms with Gasteiger partial charge in [0.2, 0.25) is 0 Å². The summed E-state index contributed by atoms with van der Waals surface area (Å²) in [5.74, 6) is -4.37. The number of pyridine rings is 1. The molecule has 0 unspecified atom stereocenters. The standard InChI is InChI=1S/C29H35F3N4O6S/c1-15-6-5-8-33-22(15)26(29(39)7-9-41-28(2,3)14-29)43-27-25(40-4)23(24(38)20(13-37)42-27)36-12-19(34-35-36)16-10-17(30)21(32)18(31)11-16/h5-6,8,10-12,20,23-27,37-39H,7,9,13-14H2,1-4H3/t20-,23+,24+,25-,26-,27+,29+/m1/s1. The van der Waals surface area contributed by atoms with E-state index in [9.17, 15) is 28.5 Å². The van der Waals surface area contributed by atoms with Crippen molar-refractivity contribution in [2.75, 3.05) is 20.3 Å². The minimum atomic E-state index is -1.60. The van der Waals surface area contributed by atoms with Gasteiger partial charge in [-0.15, -0.1) is 16.9 Å². The highest BCUT2D eigenvalue weighted by Gasteiger charge is 2.52. The predicted molar refractivity (Wildman–Crippen MR) is 150 cm³/mol. The SMILES string of the molecule is CO[C@@H]1[C@@H](n2cc(-c3cc(F)c(F)c(F)c3)nn2)[C@@H](O)[C@@H](CO)O[C@H]1S[C@H](c1ncccc1C)[C@]1(O)CCOC(C)(C)C1. The average Bonchev–Trinajstić information content (AvgIpc) is 3.44. The van der Waals surface area contributed by atoms with Gasteiger partial charge in [-0.1, -0.05) is 11.3 Å². The van der Waals surface area contributed by atoms with Crippen LogP contribution in [0.2, 0.25) is 0 Å². The number of halogens is 3. The van der Waals surface area contributed by atoms with Crippen molar-refractivity contribution in [2.45, 2.75) is 79.9 Å². The first-order chi connectivity index (χ1) is 20.4. The minimum absolute atomic E-state index is 0.0248. The third-order valence-corrected chi connectivity index (χ3v) is 9.59. The van der Waals surface area contributed by atoms with Gasteiger partial charge >= 0.3 is 0 Å². The third kappa shape index (κ3) is 6.32. The summed E-state index contributed by atoms with van der Waals surface area (Å²) < 4.78 is 60.6. The number of thioether (sulfide) groups is 1. The first-order valence-electron chi connectivity index (χ1n) is 13.8. The molecule has 5 rings (SSSR count). The summed E-state index contributed by atoms with van der Waals surface area (Å²) in [7, 11) is 1.43. The molecule has 0 radical (unpaired) electrons. The van der Waals surface area contributed by atoms with Gasteiger partial charge < -0.3 is 29.5 Å². The molecule has 0 saturated carbocycles. The lowest BCUT2D eigenvalue weighted by Gasteiger charge is -2.48. The van der Waals surface area contributed by atoms with Crippen molar-refractivity contribution in [3.63, 3.8) is 0 Å². The van der Waals surface area contributed by atoms with Crippen LogP contribution in [0.5, 0.6) is 0 Å². The molecule has 2 saturated heterocycles. The van der Waals surface area contributed by atoms with Crippen LogP contribution in [0.3, 0.4) is 0 Å². The predicted octanol–water partition coefficient (Wildman–Crippen LogP) is 3.49. The number of hydrogen-bond donors (Lipinski definition) is 3. The molecule has 0 spiro atoms. The van der Waals surface area contributed by atoms with Gasteiger partial charge in [-0.05, 0) is 44.5 Å². The summed E-state index contributed by atoms with van der Waals surface area (Å²) in [6.45, 7) is 5.52. The van der Waals surface area contributed by atoms with Gasteiger partial charge in [0.15, 0.2) is 17.5 Å². The lowest BCUT2D eigenvalue weighted by atomic mass is 9.80. The molecule has 0 bridgehead atoms. The Morgan fingerprint density at radius 3 is 2.58 bits per heavy atom. The topological polar surface area (TPSA) is 132 Å². The van der Waals surface area contributed by atoms with Crippen molar-refractivity contribution in [3.8, 4) is 11.3 Å². The van der Waals surface area contributed by atoms with Crippen LogP contribution in [0, 0.1) is 24.4 Å². The molecule has 2 fully saturated rings. The number of nitrogens with zero attached hydrogens (tertiary/aromatic N) is 4. The number of aliphatic hydroxyl groups is 3. The molecule has 4 heterocycles. The molecule has 0 aliphatic carbocycles. The zero-order valence-corrected chi connectivity index (χ0v) is 25.0. The van der Waals surface area contributed by atoms with Crippen molar-refractivity contribution in [1.82, 2.24) is 20.0 Å². The Balaban J connectivity index is 1.52. The zero-order chi connectivity index (χ0) is 31.1. The largest absolute Gasteiger partial charge is 0.394 e. The van der Waals surface area contributed by atoms with Crippen molar-refractivity contribution in [2.24, 2.45) is 0 Å². The Hall–Kier alpha value is -2.59. The number of aromatic nitrogens is 4. The third-order valence-electron chi connectivity index (χ3n) is 8.01. The fraction of sp³-hybridized carbons (Fsp3) is 0.552. The first kappa shape index (κ1) is 31.8. The molecular formula is C29H35F3N4O6S. The van der Waals surface area contributed by atoms with Gasteiger partial charge in [0.25, 0.3) is 0 Å². The molecular weight excluding hydrogens is 589 g/mol. The van der Waals surface area contributed by atoms with Crippen molar-refractivity contribution in [1.29, 1.82) is 0 Å². The van der Waals surface area contributed by atoms with Gasteiger partial charge in [-0.25, -0.2) is 17.9 Å². The normalized spacial score (nSPS) is 29.9. The van der Waals surface area contributed by atoms with Crippen LogP contribution in [0.1, 0.15) is 49.2 Å². The second-order valence-electron chi connectivity index (χ2n) is 11.6. The summed E-state index contributed by atoms with van der Waals surface area (Å²) >= 11 is 1.26. The van der Waals surface area contributed by atoms with Crippen molar-refractivity contribution < 1.29 is 42.7 Å². The maximum Gasteiger partial charge on any atom is 0.194 e. The highest BCUT2D eigenvalue weighted by Crippen LogP contribution is 2.51. The van der Waals surface area contributed by atoms with E-state index in [-0.39, 0.29) is 11.3 Å². The highest BCUT2D eigenvalue weighted by atomic mass is 32.2. The van der Waals surface area contributed by atoms with E-state index < -0.39 is 70.3 Å². The fourth-order valence-electron chi connectivity index (χ4n) is 5.94. The van der Waals surface area contributed by atoms with Crippen LogP contribution < -0.4 is 0 Å². The first-order valence-corrected chi connectivity index (χ1v) is 14.8. The Kier molecular flexibility index (Phi) is 9.19. The lowest BCUT2D eigenvalue weighted by Crippen LogP contribution is -2.56. The number of rotatable bonds is 8. The van der Waals surface area contributed by atoms with Crippen LogP contribution in [-0.2, 0) is 14.2 Å². The Morgan fingerprint density at radius 2 is 1.95 bits per heavy atom. The second-order valence-corrected chi connectivity index (χ2v) is 12.8.